The number of halogens is 1. The Balaban J connectivity index is 1.61. The van der Waals surface area contributed by atoms with E-state index in [9.17, 15) is 0 Å². The number of nitrogens with one attached hydrogen (secondary N) is 1. The molecule has 1 aromatic carbocycles. The summed E-state index contributed by atoms with van der Waals surface area (Å²) in [5.41, 5.74) is 6.85. The molecule has 1 aromatic heterocycles. The van der Waals surface area contributed by atoms with Crippen LogP contribution in [0.4, 0.5) is 0 Å². The van der Waals surface area contributed by atoms with Gasteiger partial charge in [-0.1, -0.05) is 17.7 Å². The van der Waals surface area contributed by atoms with E-state index in [-0.39, 0.29) is 0 Å². The lowest BCUT2D eigenvalue weighted by atomic mass is 10.3. The summed E-state index contributed by atoms with van der Waals surface area (Å²) in [5, 5.41) is 3.87. The van der Waals surface area contributed by atoms with Crippen LogP contribution in [0.15, 0.2) is 58.5 Å². The van der Waals surface area contributed by atoms with E-state index in [0.29, 0.717) is 12.5 Å². The molecule has 4 nitrogen and oxygen atoms in total. The average Bonchev–Trinajstić information content (AvgIpc) is 2.54. The monoisotopic (exact) mass is 334 g/mol. The zero-order chi connectivity index (χ0) is 15.6. The lowest BCUT2D eigenvalue weighted by Gasteiger charge is -2.06. The van der Waals surface area contributed by atoms with E-state index >= 15 is 0 Å². The summed E-state index contributed by atoms with van der Waals surface area (Å²) in [6, 6.07) is 13.7. The molecular weight excluding hydrogens is 316 g/mol. The predicted octanol–water partition coefficient (Wildman–Crippen LogP) is 2.97. The highest BCUT2D eigenvalue weighted by atomic mass is 35.5. The van der Waals surface area contributed by atoms with Gasteiger partial charge >= 0.3 is 0 Å². The molecule has 0 amide bonds. The zero-order valence-corrected chi connectivity index (χ0v) is 13.8. The topological polar surface area (TPSA) is 63.3 Å². The second-order valence-corrected chi connectivity index (χ2v) is 6.17. The van der Waals surface area contributed by atoms with Crippen molar-refractivity contribution in [2.75, 3.05) is 18.8 Å². The number of thioether (sulfide) groups is 1. The van der Waals surface area contributed by atoms with Crippen LogP contribution in [0.2, 0.25) is 5.02 Å². The van der Waals surface area contributed by atoms with Crippen LogP contribution < -0.4 is 11.1 Å². The van der Waals surface area contributed by atoms with Gasteiger partial charge in [-0.25, -0.2) is 0 Å². The highest BCUT2D eigenvalue weighted by Gasteiger charge is 1.96. The Morgan fingerprint density at radius 3 is 2.77 bits per heavy atom. The molecule has 0 bridgehead atoms. The Hall–Kier alpha value is -1.72. The molecule has 0 aliphatic heterocycles. The van der Waals surface area contributed by atoms with Crippen LogP contribution in [0, 0.1) is 0 Å². The predicted molar refractivity (Wildman–Crippen MR) is 94.6 cm³/mol. The quantitative estimate of drug-likeness (QED) is 0.353. The number of aliphatic imine (C=N–C) groups is 1. The molecule has 0 spiro atoms. The molecule has 3 N–H and O–H groups in total. The van der Waals surface area contributed by atoms with Gasteiger partial charge in [-0.05, 0) is 36.4 Å². The lowest BCUT2D eigenvalue weighted by molar-refractivity contribution is 0.890. The van der Waals surface area contributed by atoms with Crippen LogP contribution in [-0.2, 0) is 6.42 Å². The summed E-state index contributed by atoms with van der Waals surface area (Å²) in [4.78, 5) is 9.73. The molecule has 0 unspecified atom stereocenters. The standard InChI is InChI=1S/C16H19ClN4S/c17-13-4-6-15(7-5-13)22-12-11-21-16(18)20-10-8-14-3-1-2-9-19-14/h1-7,9H,8,10-12H2,(H3,18,20,21). The second kappa shape index (κ2) is 9.33. The fraction of sp³-hybridized carbons (Fsp3) is 0.250. The fourth-order valence-corrected chi connectivity index (χ4v) is 2.67. The Bertz CT molecular complexity index is 587. The number of pyridine rings is 1. The molecule has 0 fully saturated rings. The molecule has 0 atom stereocenters. The minimum absolute atomic E-state index is 0.479. The van der Waals surface area contributed by atoms with Gasteiger partial charge in [-0.15, -0.1) is 11.8 Å². The first kappa shape index (κ1) is 16.6. The number of benzene rings is 1. The summed E-state index contributed by atoms with van der Waals surface area (Å²) in [6.07, 6.45) is 2.58. The molecule has 0 saturated carbocycles. The number of hydrogen-bond donors (Lipinski definition) is 2. The smallest absolute Gasteiger partial charge is 0.188 e. The third-order valence-electron chi connectivity index (χ3n) is 2.87. The van der Waals surface area contributed by atoms with Crippen molar-refractivity contribution in [2.24, 2.45) is 10.7 Å². The molecule has 116 valence electrons. The highest BCUT2D eigenvalue weighted by molar-refractivity contribution is 7.99. The number of guanidine groups is 1. The second-order valence-electron chi connectivity index (χ2n) is 4.57. The van der Waals surface area contributed by atoms with Crippen LogP contribution in [0.25, 0.3) is 0 Å². The molecule has 2 rings (SSSR count). The maximum absolute atomic E-state index is 5.85. The van der Waals surface area contributed by atoms with Crippen molar-refractivity contribution in [1.82, 2.24) is 10.3 Å². The van der Waals surface area contributed by atoms with Crippen LogP contribution in [0.1, 0.15) is 5.69 Å². The van der Waals surface area contributed by atoms with Gasteiger partial charge in [0.05, 0.1) is 0 Å². The van der Waals surface area contributed by atoms with E-state index in [2.05, 4.69) is 15.3 Å². The Kier molecular flexibility index (Phi) is 7.06. The van der Waals surface area contributed by atoms with E-state index in [0.717, 1.165) is 29.4 Å². The van der Waals surface area contributed by atoms with E-state index in [1.54, 1.807) is 18.0 Å². The van der Waals surface area contributed by atoms with Crippen LogP contribution in [0.5, 0.6) is 0 Å². The van der Waals surface area contributed by atoms with Crippen molar-refractivity contribution in [2.45, 2.75) is 11.3 Å². The van der Waals surface area contributed by atoms with E-state index in [4.69, 9.17) is 17.3 Å². The molecule has 0 saturated heterocycles. The Morgan fingerprint density at radius 1 is 1.23 bits per heavy atom. The van der Waals surface area contributed by atoms with Gasteiger partial charge in [0.2, 0.25) is 0 Å². The number of nitrogens with two attached hydrogens (primary N) is 1. The summed E-state index contributed by atoms with van der Waals surface area (Å²) in [6.45, 7) is 1.41. The molecule has 22 heavy (non-hydrogen) atoms. The fourth-order valence-electron chi connectivity index (χ4n) is 1.77. The van der Waals surface area contributed by atoms with Crippen molar-refractivity contribution in [1.29, 1.82) is 0 Å². The third kappa shape index (κ3) is 6.37. The summed E-state index contributed by atoms with van der Waals surface area (Å²) in [5.74, 6) is 1.39. The van der Waals surface area contributed by atoms with E-state index in [1.807, 2.05) is 42.5 Å². The van der Waals surface area contributed by atoms with Crippen molar-refractivity contribution < 1.29 is 0 Å². The number of rotatable bonds is 7. The SMILES string of the molecule is NC(=NCCc1ccccn1)NCCSc1ccc(Cl)cc1. The lowest BCUT2D eigenvalue weighted by Crippen LogP contribution is -2.33. The van der Waals surface area contributed by atoms with Gasteiger partial charge in [-0.2, -0.15) is 0 Å². The van der Waals surface area contributed by atoms with Crippen molar-refractivity contribution in [3.05, 3.63) is 59.4 Å². The minimum atomic E-state index is 0.479. The zero-order valence-electron chi connectivity index (χ0n) is 12.2. The number of aromatic nitrogens is 1. The van der Waals surface area contributed by atoms with Gasteiger partial charge in [0.25, 0.3) is 0 Å². The van der Waals surface area contributed by atoms with Crippen LogP contribution in [-0.4, -0.2) is 29.8 Å². The van der Waals surface area contributed by atoms with E-state index < -0.39 is 0 Å². The maximum Gasteiger partial charge on any atom is 0.188 e. The normalized spacial score (nSPS) is 11.4. The summed E-state index contributed by atoms with van der Waals surface area (Å²) in [7, 11) is 0. The Morgan fingerprint density at radius 2 is 2.05 bits per heavy atom. The third-order valence-corrected chi connectivity index (χ3v) is 4.13. The largest absolute Gasteiger partial charge is 0.370 e. The van der Waals surface area contributed by atoms with Crippen molar-refractivity contribution in [3.8, 4) is 0 Å². The first-order chi connectivity index (χ1) is 10.7. The number of hydrogen-bond acceptors (Lipinski definition) is 3. The molecular formula is C16H19ClN4S. The molecule has 0 aliphatic carbocycles. The summed E-state index contributed by atoms with van der Waals surface area (Å²) >= 11 is 7.60. The molecule has 2 aromatic rings. The van der Waals surface area contributed by atoms with Crippen molar-refractivity contribution >= 4 is 29.3 Å². The van der Waals surface area contributed by atoms with Crippen LogP contribution >= 0.6 is 23.4 Å². The molecule has 0 aliphatic rings. The number of nitrogens with zero attached hydrogens (tertiary/aromatic N) is 2. The van der Waals surface area contributed by atoms with Crippen molar-refractivity contribution in [3.63, 3.8) is 0 Å². The van der Waals surface area contributed by atoms with Gasteiger partial charge in [0.1, 0.15) is 0 Å². The first-order valence-corrected chi connectivity index (χ1v) is 8.42. The van der Waals surface area contributed by atoms with Gasteiger partial charge < -0.3 is 11.1 Å². The van der Waals surface area contributed by atoms with Gasteiger partial charge in [0, 0.05) is 47.1 Å². The minimum Gasteiger partial charge on any atom is -0.370 e. The summed E-state index contributed by atoms with van der Waals surface area (Å²) < 4.78 is 0. The Labute approximate surface area is 140 Å². The van der Waals surface area contributed by atoms with Gasteiger partial charge in [0.15, 0.2) is 5.96 Å². The van der Waals surface area contributed by atoms with Gasteiger partial charge in [-0.3, -0.25) is 9.98 Å². The molecule has 1 heterocycles. The average molecular weight is 335 g/mol. The molecule has 6 heteroatoms. The van der Waals surface area contributed by atoms with E-state index in [1.165, 1.54) is 4.90 Å². The first-order valence-electron chi connectivity index (χ1n) is 7.06. The maximum atomic E-state index is 5.85. The van der Waals surface area contributed by atoms with Crippen LogP contribution in [0.3, 0.4) is 0 Å². The highest BCUT2D eigenvalue weighted by Crippen LogP contribution is 2.19. The molecule has 0 radical (unpaired) electrons.